The summed E-state index contributed by atoms with van der Waals surface area (Å²) >= 11 is 0. The molecule has 0 saturated carbocycles. The van der Waals surface area contributed by atoms with Crippen LogP contribution in [-0.4, -0.2) is 107 Å². The van der Waals surface area contributed by atoms with Crippen LogP contribution in [0.25, 0.3) is 56.8 Å². The van der Waals surface area contributed by atoms with E-state index in [1.807, 2.05) is 43.9 Å². The molecule has 0 fully saturated rings. The van der Waals surface area contributed by atoms with E-state index in [9.17, 15) is 93.1 Å². The van der Waals surface area contributed by atoms with Crippen LogP contribution in [0.1, 0.15) is 105 Å². The van der Waals surface area contributed by atoms with Crippen molar-refractivity contribution in [1.29, 1.82) is 5.26 Å². The highest BCUT2D eigenvalue weighted by molar-refractivity contribution is 5.79. The van der Waals surface area contributed by atoms with Gasteiger partial charge in [-0.25, -0.2) is 53.6 Å². The molecule has 0 aliphatic heterocycles. The molecule has 0 bridgehead atoms. The van der Waals surface area contributed by atoms with Crippen LogP contribution in [0.4, 0.5) is 145 Å². The van der Waals surface area contributed by atoms with Gasteiger partial charge in [-0.3, -0.25) is 37.7 Å². The lowest BCUT2D eigenvalue weighted by Gasteiger charge is -2.15. The van der Waals surface area contributed by atoms with Crippen molar-refractivity contribution in [3.63, 3.8) is 0 Å². The molecule has 47 heteroatoms. The topological polar surface area (TPSA) is 303 Å². The fraction of sp³-hybridized carbons (Fsp3) is 0.216. The number of nitrogens with zero attached hydrogens (tertiary/aromatic N) is 19. The van der Waals surface area contributed by atoms with Crippen molar-refractivity contribution in [3.05, 3.63) is 311 Å². The van der Waals surface area contributed by atoms with E-state index < -0.39 is 66.1 Å². The van der Waals surface area contributed by atoms with E-state index in [1.165, 1.54) is 136 Å². The Kier molecular flexibility index (Phi) is 29.5. The van der Waals surface area contributed by atoms with Crippen LogP contribution in [0.15, 0.2) is 219 Å². The van der Waals surface area contributed by atoms with Gasteiger partial charge >= 0.3 is 37.6 Å². The molecule has 19 rings (SSSR count). The molecule has 27 nitrogen and oxygen atoms in total. The molecule has 0 saturated heterocycles. The van der Waals surface area contributed by atoms with Gasteiger partial charge in [0, 0.05) is 76.5 Å². The zero-order valence-corrected chi connectivity index (χ0v) is 76.2. The molecular weight excluding hydrogens is 1930 g/mol. The average molecular weight is 2010 g/mol. The Labute approximate surface area is 803 Å². The minimum atomic E-state index is -4.78. The first-order chi connectivity index (χ1) is 68.2. The number of fused-ring (bicyclic) bond motifs is 4. The summed E-state index contributed by atoms with van der Waals surface area (Å²) in [5.41, 5.74) is 8.92. The normalized spacial score (nSPS) is 12.6. The minimum absolute atomic E-state index is 0.0195. The number of hydrogen-bond acceptors (Lipinski definition) is 22. The van der Waals surface area contributed by atoms with Gasteiger partial charge in [0.1, 0.15) is 57.7 Å². The van der Waals surface area contributed by atoms with Gasteiger partial charge in [-0.1, -0.05) is 12.1 Å². The van der Waals surface area contributed by atoms with E-state index >= 15 is 0 Å². The van der Waals surface area contributed by atoms with Gasteiger partial charge in [0.05, 0.1) is 99.4 Å². The maximum atomic E-state index is 13.7. The van der Waals surface area contributed by atoms with Crippen molar-refractivity contribution in [2.24, 2.45) is 7.05 Å². The molecule has 0 radical (unpaired) electrons. The molecule has 2 aliphatic rings. The van der Waals surface area contributed by atoms with E-state index in [1.54, 1.807) is 73.6 Å². The third-order valence-electron chi connectivity index (χ3n) is 21.9. The van der Waals surface area contributed by atoms with Crippen LogP contribution in [0.5, 0.6) is 17.2 Å². The van der Waals surface area contributed by atoms with E-state index in [0.717, 1.165) is 140 Å². The van der Waals surface area contributed by atoms with Crippen molar-refractivity contribution >= 4 is 74.2 Å². The van der Waals surface area contributed by atoms with E-state index in [4.69, 9.17) is 0 Å². The van der Waals surface area contributed by atoms with Gasteiger partial charge in [0.2, 0.25) is 0 Å². The summed E-state index contributed by atoms with van der Waals surface area (Å²) in [5, 5.41) is 28.5. The van der Waals surface area contributed by atoms with Gasteiger partial charge in [-0.2, -0.15) is 49.9 Å². The number of ether oxygens (including phenoxy) is 3. The number of anilines is 10. The highest BCUT2D eigenvalue weighted by Gasteiger charge is 2.40. The predicted molar refractivity (Wildman–Crippen MR) is 490 cm³/mol. The molecule has 144 heavy (non-hydrogen) atoms. The van der Waals surface area contributed by atoms with Gasteiger partial charge in [-0.05, 0) is 250 Å². The van der Waals surface area contributed by atoms with E-state index in [0.29, 0.717) is 91.5 Å². The maximum absolute atomic E-state index is 13.7. The fourth-order valence-corrected chi connectivity index (χ4v) is 15.6. The maximum Gasteiger partial charge on any atom is 0.573 e. The van der Waals surface area contributed by atoms with Crippen LogP contribution in [0.2, 0.25) is 0 Å². The highest BCUT2D eigenvalue weighted by Crippen LogP contribution is 2.41. The second kappa shape index (κ2) is 41.9. The summed E-state index contributed by atoms with van der Waals surface area (Å²) in [6.07, 6.45) is -8.65. The molecule has 5 N–H and O–H groups in total. The zero-order valence-electron chi connectivity index (χ0n) is 76.2. The predicted octanol–water partition coefficient (Wildman–Crippen LogP) is 25.2. The molecule has 0 unspecified atom stereocenters. The molecular formula is C97H78F20N24O3. The molecule has 11 heterocycles. The smallest absolute Gasteiger partial charge is 0.406 e. The molecule has 744 valence electrons. The third-order valence-corrected chi connectivity index (χ3v) is 21.9. The number of aryl methyl sites for hydroxylation is 8. The number of halogens is 20. The zero-order chi connectivity index (χ0) is 103. The Hall–Kier alpha value is -16.9. The Bertz CT molecular complexity index is 7500. The lowest BCUT2D eigenvalue weighted by atomic mass is 10.0. The van der Waals surface area contributed by atoms with Crippen LogP contribution in [-0.2, 0) is 51.3 Å². The first-order valence-corrected chi connectivity index (χ1v) is 43.4. The van der Waals surface area contributed by atoms with Crippen LogP contribution in [0, 0.1) is 64.5 Å². The van der Waals surface area contributed by atoms with Gasteiger partial charge in [0.15, 0.2) is 52.2 Å². The third kappa shape index (κ3) is 25.3. The van der Waals surface area contributed by atoms with Crippen molar-refractivity contribution in [1.82, 2.24) is 87.7 Å². The standard InChI is InChI=1S/C21H14F6N4.C19H12F5N5O.C19H18F3N5O.C19H16F3N5O.C19H18F3N5/c1-12-5-10-15(17-18(21(25,26)27)30-16-4-2-3-11-31(16)17)29-19(12)28-14-8-6-13(7-9-14)20(22,23)24;1-10-26-15-6-13(20)14(21)7-16(15)29(10)18-9-25-8-17(28-18)27-11-2-4-12(5-3-11)30-19(22,23)24;1-12-24-15-4-2-3-5-16(15)27(12)18-11-23-10-17(26-18)25-13-6-8-14(9-7-13)28-19(20,21)22;1-11-18(12(2)27(3)26-11)16-8-13(10-23)9-17(25-16)24-14-4-6-15(7-5-14)28-19(20,21)22;1-12-24-15-4-2-3-5-16(15)27(12)18-11-23-10-17(26-18)25-14-8-6-13(7-9-14)19(20,21)22/h2-11H,1H3,(H,28,29);2-9H,1H3,(H,27,28);6-11H,2-5H2,1H3,(H,25,26);4-9H,1-3H3,(H,24,25);6-11H,2-5H2,1H3,(H,25,26). The van der Waals surface area contributed by atoms with Crippen LogP contribution >= 0.6 is 0 Å². The fourth-order valence-electron chi connectivity index (χ4n) is 15.6. The second-order valence-electron chi connectivity index (χ2n) is 32.2. The number of pyridine rings is 3. The first-order valence-electron chi connectivity index (χ1n) is 43.4. The Morgan fingerprint density at radius 1 is 0.389 bits per heavy atom. The molecule has 2 aliphatic carbocycles. The average Bonchev–Trinajstić information content (AvgIpc) is 1.41. The number of hydrogen-bond donors (Lipinski definition) is 5. The highest BCUT2D eigenvalue weighted by atomic mass is 19.4. The van der Waals surface area contributed by atoms with Crippen molar-refractivity contribution in [2.45, 2.75) is 131 Å². The Balaban J connectivity index is 0.000000136. The van der Waals surface area contributed by atoms with Crippen molar-refractivity contribution in [3.8, 4) is 63.4 Å². The molecule has 17 aromatic rings. The second-order valence-corrected chi connectivity index (χ2v) is 32.2. The summed E-state index contributed by atoms with van der Waals surface area (Å²) in [5.74, 6) is 2.63. The molecule has 11 aromatic heterocycles. The number of rotatable bonds is 18. The number of alkyl halides is 18. The lowest BCUT2D eigenvalue weighted by Crippen LogP contribution is -2.17. The summed E-state index contributed by atoms with van der Waals surface area (Å²) in [4.78, 5) is 52.2. The Morgan fingerprint density at radius 3 is 1.23 bits per heavy atom. The number of imidazole rings is 4. The van der Waals surface area contributed by atoms with Gasteiger partial charge in [-0.15, -0.1) is 39.5 Å². The van der Waals surface area contributed by atoms with Crippen molar-refractivity contribution < 1.29 is 102 Å². The Morgan fingerprint density at radius 2 is 0.806 bits per heavy atom. The SMILES string of the molecule is Cc1ccc(-c2c(C(F)(F)F)nc3ccccn23)nc1Nc1ccc(C(F)(F)F)cc1.Cc1nc2c(n1-c1cncc(Nc3ccc(C(F)(F)F)cc3)n1)CCCC2.Cc1nc2c(n1-c1cncc(Nc3ccc(OC(F)(F)F)cc3)n1)CCCC2.Cc1nc2cc(F)c(F)cc2n1-c1cncc(Nc2ccc(OC(F)(F)F)cc2)n1.Cc1nn(C)c(C)c1-c1cc(C#N)cc(Nc2ccc(OC(F)(F)F)cc2)n1. The first kappa shape index (κ1) is 102. The van der Waals surface area contributed by atoms with Crippen molar-refractivity contribution in [2.75, 3.05) is 26.6 Å². The van der Waals surface area contributed by atoms with Gasteiger partial charge < -0.3 is 40.8 Å². The number of nitriles is 1. The summed E-state index contributed by atoms with van der Waals surface area (Å²) in [6, 6.07) is 39.8. The number of nitrogens with one attached hydrogen (secondary N) is 5. The quantitative estimate of drug-likeness (QED) is 0.0499. The lowest BCUT2D eigenvalue weighted by molar-refractivity contribution is -0.275. The number of aromatic nitrogens is 18. The summed E-state index contributed by atoms with van der Waals surface area (Å²) in [6.45, 7) is 11.0. The summed E-state index contributed by atoms with van der Waals surface area (Å²) < 4.78 is 275. The summed E-state index contributed by atoms with van der Waals surface area (Å²) in [7, 11) is 1.82. The molecule has 6 aromatic carbocycles. The molecule has 0 spiro atoms. The molecule has 0 amide bonds. The van der Waals surface area contributed by atoms with Crippen LogP contribution < -0.4 is 40.8 Å². The van der Waals surface area contributed by atoms with E-state index in [-0.39, 0.29) is 51.4 Å². The number of benzene rings is 6. The van der Waals surface area contributed by atoms with E-state index in [2.05, 4.69) is 112 Å². The van der Waals surface area contributed by atoms with Crippen LogP contribution in [0.3, 0.4) is 0 Å². The largest absolute Gasteiger partial charge is 0.573 e. The van der Waals surface area contributed by atoms with Gasteiger partial charge in [0.25, 0.3) is 0 Å². The molecule has 0 atom stereocenters. The minimum Gasteiger partial charge on any atom is -0.406 e. The monoisotopic (exact) mass is 2010 g/mol.